The largest absolute Gasteiger partial charge is 0.403 e. The third kappa shape index (κ3) is 2.71. The zero-order valence-corrected chi connectivity index (χ0v) is 14.5. The first-order valence-electron chi connectivity index (χ1n) is 8.26. The second-order valence-corrected chi connectivity index (χ2v) is 7.81. The molecule has 1 saturated heterocycles. The highest BCUT2D eigenvalue weighted by atomic mass is 32.1. The fraction of sp³-hybridized carbons (Fsp3) is 0.529. The van der Waals surface area contributed by atoms with Crippen LogP contribution in [0.4, 0.5) is 13.2 Å². The number of hydrogen-bond acceptors (Lipinski definition) is 4. The van der Waals surface area contributed by atoms with Gasteiger partial charge in [0, 0.05) is 19.1 Å². The van der Waals surface area contributed by atoms with E-state index in [9.17, 15) is 18.0 Å². The fourth-order valence-corrected chi connectivity index (χ4v) is 4.14. The minimum absolute atomic E-state index is 0.0958. The van der Waals surface area contributed by atoms with Crippen molar-refractivity contribution in [2.75, 3.05) is 13.1 Å². The van der Waals surface area contributed by atoms with E-state index in [1.165, 1.54) is 4.90 Å². The molecule has 25 heavy (non-hydrogen) atoms. The van der Waals surface area contributed by atoms with Gasteiger partial charge in [0.1, 0.15) is 5.41 Å². The number of halogens is 3. The van der Waals surface area contributed by atoms with Gasteiger partial charge < -0.3 is 10.2 Å². The predicted molar refractivity (Wildman–Crippen MR) is 89.3 cm³/mol. The van der Waals surface area contributed by atoms with Gasteiger partial charge in [-0.2, -0.15) is 13.2 Å². The van der Waals surface area contributed by atoms with Gasteiger partial charge in [-0.25, -0.2) is 4.98 Å². The van der Waals surface area contributed by atoms with Crippen LogP contribution in [-0.4, -0.2) is 41.1 Å². The van der Waals surface area contributed by atoms with Gasteiger partial charge in [0.05, 0.1) is 21.8 Å². The summed E-state index contributed by atoms with van der Waals surface area (Å²) >= 11 is 1.54. The van der Waals surface area contributed by atoms with Crippen molar-refractivity contribution in [3.63, 3.8) is 0 Å². The van der Waals surface area contributed by atoms with Crippen LogP contribution >= 0.6 is 11.3 Å². The second-order valence-electron chi connectivity index (χ2n) is 6.93. The summed E-state index contributed by atoms with van der Waals surface area (Å²) in [6.45, 7) is 2.50. The Balaban J connectivity index is 1.58. The van der Waals surface area contributed by atoms with Crippen LogP contribution in [0.5, 0.6) is 0 Å². The molecule has 8 heteroatoms. The second kappa shape index (κ2) is 5.67. The van der Waals surface area contributed by atoms with Crippen molar-refractivity contribution in [3.8, 4) is 0 Å². The molecule has 0 radical (unpaired) electrons. The monoisotopic (exact) mass is 369 g/mol. The maximum atomic E-state index is 13.3. The summed E-state index contributed by atoms with van der Waals surface area (Å²) in [7, 11) is 0. The van der Waals surface area contributed by atoms with Crippen LogP contribution in [0.1, 0.15) is 31.4 Å². The van der Waals surface area contributed by atoms with Gasteiger partial charge in [-0.05, 0) is 37.5 Å². The summed E-state index contributed by atoms with van der Waals surface area (Å²) in [5, 5.41) is 3.34. The molecule has 2 aromatic rings. The molecule has 1 aromatic heterocycles. The van der Waals surface area contributed by atoms with Crippen LogP contribution in [0.25, 0.3) is 10.2 Å². The van der Waals surface area contributed by atoms with Crippen LogP contribution in [-0.2, 0) is 4.79 Å². The molecule has 2 aliphatic rings. The van der Waals surface area contributed by atoms with E-state index < -0.39 is 17.5 Å². The Morgan fingerprint density at radius 3 is 2.84 bits per heavy atom. The van der Waals surface area contributed by atoms with Gasteiger partial charge in [-0.15, -0.1) is 11.3 Å². The lowest BCUT2D eigenvalue weighted by Crippen LogP contribution is -2.57. The molecular formula is C17H18F3N3OS. The third-order valence-corrected chi connectivity index (χ3v) is 6.10. The highest BCUT2D eigenvalue weighted by Gasteiger charge is 2.69. The van der Waals surface area contributed by atoms with Crippen LogP contribution in [0.2, 0.25) is 0 Å². The number of alkyl halides is 3. The van der Waals surface area contributed by atoms with E-state index in [0.29, 0.717) is 6.54 Å². The molecule has 1 saturated carbocycles. The number of piperazine rings is 1. The van der Waals surface area contributed by atoms with E-state index >= 15 is 0 Å². The summed E-state index contributed by atoms with van der Waals surface area (Å²) in [6, 6.07) is 5.42. The van der Waals surface area contributed by atoms with Crippen LogP contribution in [0, 0.1) is 5.41 Å². The quantitative estimate of drug-likeness (QED) is 0.881. The smallest absolute Gasteiger partial charge is 0.336 e. The number of nitrogens with one attached hydrogen (secondary N) is 1. The van der Waals surface area contributed by atoms with E-state index in [1.807, 2.05) is 18.2 Å². The average Bonchev–Trinajstić information content (AvgIpc) is 3.27. The van der Waals surface area contributed by atoms with E-state index in [-0.39, 0.29) is 31.5 Å². The van der Waals surface area contributed by atoms with E-state index in [4.69, 9.17) is 0 Å². The molecule has 2 atom stereocenters. The predicted octanol–water partition coefficient (Wildman–Crippen LogP) is 3.50. The summed E-state index contributed by atoms with van der Waals surface area (Å²) < 4.78 is 41.0. The number of fused-ring (bicyclic) bond motifs is 1. The maximum absolute atomic E-state index is 13.3. The zero-order valence-electron chi connectivity index (χ0n) is 13.6. The first kappa shape index (κ1) is 16.8. The zero-order chi connectivity index (χ0) is 17.8. The van der Waals surface area contributed by atoms with Crippen molar-refractivity contribution < 1.29 is 18.0 Å². The number of aromatic nitrogens is 1. The van der Waals surface area contributed by atoms with Gasteiger partial charge in [-0.3, -0.25) is 4.79 Å². The Morgan fingerprint density at radius 1 is 1.40 bits per heavy atom. The Morgan fingerprint density at radius 2 is 2.16 bits per heavy atom. The van der Waals surface area contributed by atoms with Crippen molar-refractivity contribution in [2.24, 2.45) is 5.41 Å². The molecule has 4 rings (SSSR count). The third-order valence-electron chi connectivity index (χ3n) is 5.29. The van der Waals surface area contributed by atoms with Gasteiger partial charge in [-0.1, -0.05) is 6.07 Å². The molecule has 1 aliphatic heterocycles. The molecule has 4 nitrogen and oxygen atoms in total. The van der Waals surface area contributed by atoms with Crippen molar-refractivity contribution in [2.45, 2.75) is 38.0 Å². The lowest BCUT2D eigenvalue weighted by Gasteiger charge is -2.41. The van der Waals surface area contributed by atoms with E-state index in [1.54, 1.807) is 23.8 Å². The number of thiazole rings is 1. The van der Waals surface area contributed by atoms with Crippen LogP contribution in [0.3, 0.4) is 0 Å². The van der Waals surface area contributed by atoms with Crippen LogP contribution in [0.15, 0.2) is 23.7 Å². The van der Waals surface area contributed by atoms with Gasteiger partial charge >= 0.3 is 6.18 Å². The minimum Gasteiger partial charge on any atom is -0.336 e. The number of amides is 1. The molecule has 2 heterocycles. The van der Waals surface area contributed by atoms with Crippen molar-refractivity contribution in [3.05, 3.63) is 29.3 Å². The highest BCUT2D eigenvalue weighted by Crippen LogP contribution is 2.59. The fourth-order valence-electron chi connectivity index (χ4n) is 3.48. The number of benzene rings is 1. The van der Waals surface area contributed by atoms with Gasteiger partial charge in [0.2, 0.25) is 5.91 Å². The number of hydrogen-bond donors (Lipinski definition) is 1. The maximum Gasteiger partial charge on any atom is 0.403 e. The molecule has 0 bridgehead atoms. The molecule has 2 fully saturated rings. The lowest BCUT2D eigenvalue weighted by molar-refractivity contribution is -0.200. The van der Waals surface area contributed by atoms with Crippen molar-refractivity contribution in [1.82, 2.24) is 15.2 Å². The van der Waals surface area contributed by atoms with Gasteiger partial charge in [0.15, 0.2) is 0 Å². The Bertz CT molecular complexity index is 815. The van der Waals surface area contributed by atoms with Gasteiger partial charge in [0.25, 0.3) is 0 Å². The SMILES string of the molecule is CC1CNC(c2ccc3scnc3c2)CN1C(=O)C1(C(F)(F)F)CC1. The molecule has 1 N–H and O–H groups in total. The number of carbonyl (C=O) groups is 1. The Hall–Kier alpha value is -1.67. The Labute approximate surface area is 147 Å². The van der Waals surface area contributed by atoms with E-state index in [2.05, 4.69) is 10.3 Å². The lowest BCUT2D eigenvalue weighted by atomic mass is 9.98. The standard InChI is InChI=1S/C17H18F3N3OS/c1-10-7-21-13(11-2-3-14-12(6-11)22-9-25-14)8-23(10)15(24)16(4-5-16)17(18,19)20/h2-3,6,9-10,13,21H,4-5,7-8H2,1H3. The number of rotatable bonds is 2. The highest BCUT2D eigenvalue weighted by molar-refractivity contribution is 7.16. The summed E-state index contributed by atoms with van der Waals surface area (Å²) in [6.07, 6.45) is -4.66. The average molecular weight is 369 g/mol. The molecule has 1 aliphatic carbocycles. The van der Waals surface area contributed by atoms with Crippen molar-refractivity contribution >= 4 is 27.5 Å². The first-order valence-corrected chi connectivity index (χ1v) is 9.14. The number of carbonyl (C=O) groups excluding carboxylic acids is 1. The van der Waals surface area contributed by atoms with Crippen LogP contribution < -0.4 is 5.32 Å². The molecule has 1 aromatic carbocycles. The normalized spacial score (nSPS) is 26.0. The van der Waals surface area contributed by atoms with Crippen molar-refractivity contribution in [1.29, 1.82) is 0 Å². The summed E-state index contributed by atoms with van der Waals surface area (Å²) in [4.78, 5) is 18.4. The number of nitrogens with zero attached hydrogens (tertiary/aromatic N) is 2. The molecule has 1 amide bonds. The molecule has 134 valence electrons. The summed E-state index contributed by atoms with van der Waals surface area (Å²) in [5.74, 6) is -0.770. The molecule has 2 unspecified atom stereocenters. The topological polar surface area (TPSA) is 45.2 Å². The molecular weight excluding hydrogens is 351 g/mol. The van der Waals surface area contributed by atoms with E-state index in [0.717, 1.165) is 15.8 Å². The minimum atomic E-state index is -4.47. The molecule has 0 spiro atoms. The summed E-state index contributed by atoms with van der Waals surface area (Å²) in [5.41, 5.74) is 1.43. The Kier molecular flexibility index (Phi) is 3.81. The first-order chi connectivity index (χ1) is 11.8.